The number of amides is 3. The van der Waals surface area contributed by atoms with Crippen molar-refractivity contribution < 1.29 is 9.59 Å². The Morgan fingerprint density at radius 3 is 2.45 bits per heavy atom. The molecule has 1 rings (SSSR count). The van der Waals surface area contributed by atoms with Gasteiger partial charge in [0.15, 0.2) is 0 Å². The standard InChI is InChI=1S/C15H21N3O2/c1-13(19)16-11-6-12-18-15(20)17-10-5-9-14-7-3-2-4-8-14/h2-5,7-9H,6,10-12H2,1H3,(H,16,19)(H2,17,18,20)/b9-5-. The second-order valence-electron chi connectivity index (χ2n) is 4.29. The van der Waals surface area contributed by atoms with Crippen molar-refractivity contribution in [2.24, 2.45) is 0 Å². The van der Waals surface area contributed by atoms with Gasteiger partial charge < -0.3 is 16.0 Å². The fourth-order valence-electron chi connectivity index (χ4n) is 1.53. The molecule has 0 aromatic heterocycles. The maximum Gasteiger partial charge on any atom is 0.315 e. The Hall–Kier alpha value is -2.30. The summed E-state index contributed by atoms with van der Waals surface area (Å²) in [6.45, 7) is 3.06. The van der Waals surface area contributed by atoms with E-state index in [0.717, 1.165) is 5.56 Å². The Balaban J connectivity index is 2.05. The Labute approximate surface area is 119 Å². The van der Waals surface area contributed by atoms with E-state index >= 15 is 0 Å². The second-order valence-corrected chi connectivity index (χ2v) is 4.29. The molecular formula is C15H21N3O2. The van der Waals surface area contributed by atoms with Crippen molar-refractivity contribution in [3.63, 3.8) is 0 Å². The third-order valence-electron chi connectivity index (χ3n) is 2.50. The lowest BCUT2D eigenvalue weighted by atomic mass is 10.2. The molecule has 108 valence electrons. The number of urea groups is 1. The van der Waals surface area contributed by atoms with E-state index in [1.807, 2.05) is 42.5 Å². The first kappa shape index (κ1) is 15.8. The summed E-state index contributed by atoms with van der Waals surface area (Å²) in [7, 11) is 0. The number of rotatable bonds is 7. The van der Waals surface area contributed by atoms with Gasteiger partial charge >= 0.3 is 6.03 Å². The van der Waals surface area contributed by atoms with Crippen molar-refractivity contribution in [2.75, 3.05) is 19.6 Å². The van der Waals surface area contributed by atoms with Crippen LogP contribution in [-0.2, 0) is 4.79 Å². The van der Waals surface area contributed by atoms with E-state index in [-0.39, 0.29) is 11.9 Å². The predicted molar refractivity (Wildman–Crippen MR) is 80.2 cm³/mol. The average molecular weight is 275 g/mol. The SMILES string of the molecule is CC(=O)NCCCNC(=O)NC/C=C\c1ccccc1. The Morgan fingerprint density at radius 1 is 1.05 bits per heavy atom. The Morgan fingerprint density at radius 2 is 1.75 bits per heavy atom. The van der Waals surface area contributed by atoms with Gasteiger partial charge in [0.05, 0.1) is 0 Å². The zero-order valence-corrected chi connectivity index (χ0v) is 11.7. The first-order valence-electron chi connectivity index (χ1n) is 6.66. The van der Waals surface area contributed by atoms with Crippen molar-refractivity contribution in [1.29, 1.82) is 0 Å². The number of carbonyl (C=O) groups is 2. The van der Waals surface area contributed by atoms with Crippen LogP contribution in [-0.4, -0.2) is 31.6 Å². The summed E-state index contributed by atoms with van der Waals surface area (Å²) >= 11 is 0. The minimum absolute atomic E-state index is 0.0551. The smallest absolute Gasteiger partial charge is 0.315 e. The molecule has 5 nitrogen and oxygen atoms in total. The quantitative estimate of drug-likeness (QED) is 0.660. The number of hydrogen-bond donors (Lipinski definition) is 3. The lowest BCUT2D eigenvalue weighted by molar-refractivity contribution is -0.118. The van der Waals surface area contributed by atoms with Crippen LogP contribution in [0.25, 0.3) is 6.08 Å². The number of nitrogens with one attached hydrogen (secondary N) is 3. The molecular weight excluding hydrogens is 254 g/mol. The van der Waals surface area contributed by atoms with E-state index < -0.39 is 0 Å². The van der Waals surface area contributed by atoms with Gasteiger partial charge in [-0.25, -0.2) is 4.79 Å². The third-order valence-corrected chi connectivity index (χ3v) is 2.50. The molecule has 0 spiro atoms. The van der Waals surface area contributed by atoms with Crippen molar-refractivity contribution in [1.82, 2.24) is 16.0 Å². The molecule has 0 unspecified atom stereocenters. The van der Waals surface area contributed by atoms with E-state index in [0.29, 0.717) is 26.1 Å². The molecule has 0 fully saturated rings. The first-order valence-corrected chi connectivity index (χ1v) is 6.66. The highest BCUT2D eigenvalue weighted by Crippen LogP contribution is 1.99. The van der Waals surface area contributed by atoms with Crippen LogP contribution in [0.15, 0.2) is 36.4 Å². The van der Waals surface area contributed by atoms with Gasteiger partial charge in [-0.05, 0) is 12.0 Å². The van der Waals surface area contributed by atoms with Crippen LogP contribution in [0.4, 0.5) is 4.79 Å². The molecule has 1 aromatic rings. The zero-order chi connectivity index (χ0) is 14.6. The molecule has 0 radical (unpaired) electrons. The van der Waals surface area contributed by atoms with Crippen molar-refractivity contribution in [3.05, 3.63) is 42.0 Å². The summed E-state index contributed by atoms with van der Waals surface area (Å²) in [6, 6.07) is 9.69. The summed E-state index contributed by atoms with van der Waals surface area (Å²) in [4.78, 5) is 22.0. The molecule has 1 aromatic carbocycles. The van der Waals surface area contributed by atoms with Crippen molar-refractivity contribution in [2.45, 2.75) is 13.3 Å². The Bertz CT molecular complexity index is 444. The molecule has 0 aliphatic rings. The largest absolute Gasteiger partial charge is 0.356 e. The maximum atomic E-state index is 11.4. The Kier molecular flexibility index (Phi) is 7.57. The molecule has 0 aliphatic carbocycles. The molecule has 0 atom stereocenters. The van der Waals surface area contributed by atoms with Gasteiger partial charge in [0.1, 0.15) is 0 Å². The van der Waals surface area contributed by atoms with Crippen LogP contribution in [0.1, 0.15) is 18.9 Å². The lowest BCUT2D eigenvalue weighted by Gasteiger charge is -2.06. The molecule has 5 heteroatoms. The normalized spacial score (nSPS) is 10.2. The van der Waals surface area contributed by atoms with Gasteiger partial charge in [0, 0.05) is 26.6 Å². The molecule has 0 aliphatic heterocycles. The fraction of sp³-hybridized carbons (Fsp3) is 0.333. The fourth-order valence-corrected chi connectivity index (χ4v) is 1.53. The highest BCUT2D eigenvalue weighted by atomic mass is 16.2. The monoisotopic (exact) mass is 275 g/mol. The van der Waals surface area contributed by atoms with E-state index in [1.165, 1.54) is 6.92 Å². The van der Waals surface area contributed by atoms with Crippen LogP contribution in [0.2, 0.25) is 0 Å². The summed E-state index contributed by atoms with van der Waals surface area (Å²) in [5.41, 5.74) is 1.10. The lowest BCUT2D eigenvalue weighted by Crippen LogP contribution is -2.37. The van der Waals surface area contributed by atoms with Gasteiger partial charge in [-0.15, -0.1) is 0 Å². The van der Waals surface area contributed by atoms with Gasteiger partial charge in [-0.1, -0.05) is 42.5 Å². The summed E-state index contributed by atoms with van der Waals surface area (Å²) < 4.78 is 0. The molecule has 3 amide bonds. The van der Waals surface area contributed by atoms with E-state index in [4.69, 9.17) is 0 Å². The van der Waals surface area contributed by atoms with E-state index in [9.17, 15) is 9.59 Å². The van der Waals surface area contributed by atoms with Gasteiger partial charge in [0.25, 0.3) is 0 Å². The molecule has 0 saturated heterocycles. The van der Waals surface area contributed by atoms with Crippen LogP contribution >= 0.6 is 0 Å². The zero-order valence-electron chi connectivity index (χ0n) is 11.7. The van der Waals surface area contributed by atoms with Crippen molar-refractivity contribution >= 4 is 18.0 Å². The maximum absolute atomic E-state index is 11.4. The van der Waals surface area contributed by atoms with Gasteiger partial charge in [0.2, 0.25) is 5.91 Å². The predicted octanol–water partition coefficient (Wildman–Crippen LogP) is 1.53. The molecule has 3 N–H and O–H groups in total. The second kappa shape index (κ2) is 9.61. The number of carbonyl (C=O) groups excluding carboxylic acids is 2. The summed E-state index contributed by atoms with van der Waals surface area (Å²) in [5.74, 6) is -0.0551. The summed E-state index contributed by atoms with van der Waals surface area (Å²) in [5, 5.41) is 8.12. The van der Waals surface area contributed by atoms with E-state index in [1.54, 1.807) is 0 Å². The highest BCUT2D eigenvalue weighted by molar-refractivity contribution is 5.74. The van der Waals surface area contributed by atoms with Crippen LogP contribution in [0, 0.1) is 0 Å². The number of hydrogen-bond acceptors (Lipinski definition) is 2. The van der Waals surface area contributed by atoms with Crippen molar-refractivity contribution in [3.8, 4) is 0 Å². The minimum Gasteiger partial charge on any atom is -0.356 e. The van der Waals surface area contributed by atoms with Gasteiger partial charge in [-0.3, -0.25) is 4.79 Å². The van der Waals surface area contributed by atoms with E-state index in [2.05, 4.69) is 16.0 Å². The molecule has 0 bridgehead atoms. The first-order chi connectivity index (χ1) is 9.68. The minimum atomic E-state index is -0.203. The topological polar surface area (TPSA) is 70.2 Å². The van der Waals surface area contributed by atoms with Crippen LogP contribution in [0.3, 0.4) is 0 Å². The average Bonchev–Trinajstić information content (AvgIpc) is 2.44. The van der Waals surface area contributed by atoms with Crippen LogP contribution in [0.5, 0.6) is 0 Å². The summed E-state index contributed by atoms with van der Waals surface area (Å²) in [6.07, 6.45) is 4.57. The molecule has 0 heterocycles. The molecule has 0 saturated carbocycles. The highest BCUT2D eigenvalue weighted by Gasteiger charge is 1.97. The van der Waals surface area contributed by atoms with Gasteiger partial charge in [-0.2, -0.15) is 0 Å². The number of benzene rings is 1. The van der Waals surface area contributed by atoms with Crippen LogP contribution < -0.4 is 16.0 Å². The molecule has 20 heavy (non-hydrogen) atoms. The third kappa shape index (κ3) is 7.92.